The summed E-state index contributed by atoms with van der Waals surface area (Å²) in [5.41, 5.74) is 1.01. The molecule has 1 atom stereocenters. The summed E-state index contributed by atoms with van der Waals surface area (Å²) in [6.45, 7) is 0.350. The average molecular weight is 405 g/mol. The van der Waals surface area contributed by atoms with Crippen LogP contribution in [0, 0.1) is 0 Å². The van der Waals surface area contributed by atoms with Gasteiger partial charge in [-0.3, -0.25) is 9.59 Å². The third kappa shape index (κ3) is 3.99. The van der Waals surface area contributed by atoms with Crippen LogP contribution in [0.2, 0.25) is 5.02 Å². The van der Waals surface area contributed by atoms with Crippen molar-refractivity contribution in [3.8, 4) is 17.2 Å². The van der Waals surface area contributed by atoms with Gasteiger partial charge in [0.15, 0.2) is 11.5 Å². The third-order valence-corrected chi connectivity index (χ3v) is 4.78. The van der Waals surface area contributed by atoms with E-state index < -0.39 is 0 Å². The summed E-state index contributed by atoms with van der Waals surface area (Å²) in [5, 5.41) is 3.31. The Morgan fingerprint density at radius 2 is 1.71 bits per heavy atom. The molecule has 1 aliphatic rings. The molecule has 148 valence electrons. The number of hydrogen-bond donors (Lipinski definition) is 1. The van der Waals surface area contributed by atoms with Gasteiger partial charge in [-0.15, -0.1) is 0 Å². The zero-order chi connectivity index (χ0) is 20.3. The third-order valence-electron chi connectivity index (χ3n) is 4.55. The molecule has 2 amide bonds. The number of anilines is 1. The van der Waals surface area contributed by atoms with Gasteiger partial charge in [0.05, 0.1) is 32.9 Å². The number of nitrogens with one attached hydrogen (secondary N) is 1. The number of benzene rings is 2. The number of nitrogens with zero attached hydrogens (tertiary/aromatic N) is 1. The minimum absolute atomic E-state index is 0.0874. The van der Waals surface area contributed by atoms with Gasteiger partial charge in [0.2, 0.25) is 5.91 Å². The fourth-order valence-corrected chi connectivity index (χ4v) is 3.34. The molecule has 0 spiro atoms. The standard InChI is InChI=1S/C20H21ClN2O5/c1-26-16-6-4-12(21)8-15(16)20(25)22-13-9-19(24)23(11-13)14-5-7-17(27-2)18(10-14)28-3/h4-8,10,13H,9,11H2,1-3H3,(H,22,25)/t13-/m1/s1. The van der Waals surface area contributed by atoms with Crippen LogP contribution in [0.5, 0.6) is 17.2 Å². The van der Waals surface area contributed by atoms with E-state index in [1.54, 1.807) is 48.4 Å². The van der Waals surface area contributed by atoms with Crippen molar-refractivity contribution in [3.63, 3.8) is 0 Å². The van der Waals surface area contributed by atoms with Gasteiger partial charge < -0.3 is 24.4 Å². The summed E-state index contributed by atoms with van der Waals surface area (Å²) in [5.74, 6) is 1.10. The molecule has 0 saturated carbocycles. The van der Waals surface area contributed by atoms with E-state index in [1.165, 1.54) is 14.2 Å². The SMILES string of the molecule is COc1ccc(N2C[C@H](NC(=O)c3cc(Cl)ccc3OC)CC2=O)cc1OC. The van der Waals surface area contributed by atoms with Crippen molar-refractivity contribution in [2.45, 2.75) is 12.5 Å². The lowest BCUT2D eigenvalue weighted by atomic mass is 10.1. The largest absolute Gasteiger partial charge is 0.496 e. The molecule has 1 fully saturated rings. The van der Waals surface area contributed by atoms with Crippen LogP contribution < -0.4 is 24.4 Å². The Balaban J connectivity index is 1.75. The van der Waals surface area contributed by atoms with Crippen LogP contribution >= 0.6 is 11.6 Å². The van der Waals surface area contributed by atoms with Crippen molar-refractivity contribution in [1.29, 1.82) is 0 Å². The highest BCUT2D eigenvalue weighted by molar-refractivity contribution is 6.31. The van der Waals surface area contributed by atoms with Gasteiger partial charge in [-0.2, -0.15) is 0 Å². The van der Waals surface area contributed by atoms with Crippen molar-refractivity contribution >= 4 is 29.1 Å². The summed E-state index contributed by atoms with van der Waals surface area (Å²) in [7, 11) is 4.57. The lowest BCUT2D eigenvalue weighted by molar-refractivity contribution is -0.117. The van der Waals surface area contributed by atoms with Gasteiger partial charge >= 0.3 is 0 Å². The van der Waals surface area contributed by atoms with Crippen LogP contribution in [0.4, 0.5) is 5.69 Å². The van der Waals surface area contributed by atoms with E-state index in [4.69, 9.17) is 25.8 Å². The zero-order valence-corrected chi connectivity index (χ0v) is 16.6. The Hall–Kier alpha value is -2.93. The van der Waals surface area contributed by atoms with Crippen molar-refractivity contribution < 1.29 is 23.8 Å². The number of carbonyl (C=O) groups excluding carboxylic acids is 2. The van der Waals surface area contributed by atoms with Gasteiger partial charge in [0.1, 0.15) is 5.75 Å². The van der Waals surface area contributed by atoms with Gasteiger partial charge in [-0.1, -0.05) is 11.6 Å². The number of rotatable bonds is 6. The molecule has 1 saturated heterocycles. The molecule has 0 unspecified atom stereocenters. The van der Waals surface area contributed by atoms with Gasteiger partial charge in [0.25, 0.3) is 5.91 Å². The molecule has 8 heteroatoms. The second-order valence-corrected chi connectivity index (χ2v) is 6.70. The van der Waals surface area contributed by atoms with E-state index in [9.17, 15) is 9.59 Å². The smallest absolute Gasteiger partial charge is 0.255 e. The molecule has 2 aromatic rings. The number of amides is 2. The monoisotopic (exact) mass is 404 g/mol. The Morgan fingerprint density at radius 3 is 2.39 bits per heavy atom. The highest BCUT2D eigenvalue weighted by atomic mass is 35.5. The first-order chi connectivity index (χ1) is 13.5. The minimum Gasteiger partial charge on any atom is -0.496 e. The minimum atomic E-state index is -0.341. The Morgan fingerprint density at radius 1 is 1.04 bits per heavy atom. The quantitative estimate of drug-likeness (QED) is 0.801. The molecule has 0 aromatic heterocycles. The number of methoxy groups -OCH3 is 3. The summed E-state index contributed by atoms with van der Waals surface area (Å²) >= 11 is 5.99. The van der Waals surface area contributed by atoms with E-state index >= 15 is 0 Å². The maximum atomic E-state index is 12.7. The van der Waals surface area contributed by atoms with E-state index in [-0.39, 0.29) is 24.3 Å². The summed E-state index contributed by atoms with van der Waals surface area (Å²) in [4.78, 5) is 26.8. The second-order valence-electron chi connectivity index (χ2n) is 6.26. The Labute approximate surface area is 168 Å². The maximum absolute atomic E-state index is 12.7. The van der Waals surface area contributed by atoms with Crippen LogP contribution in [-0.2, 0) is 4.79 Å². The molecule has 7 nitrogen and oxygen atoms in total. The van der Waals surface area contributed by atoms with Crippen LogP contribution in [0.3, 0.4) is 0 Å². The molecular weight excluding hydrogens is 384 g/mol. The average Bonchev–Trinajstić information content (AvgIpc) is 3.07. The van der Waals surface area contributed by atoms with E-state index in [1.807, 2.05) is 0 Å². The molecular formula is C20H21ClN2O5. The normalized spacial score (nSPS) is 16.1. The highest BCUT2D eigenvalue weighted by Gasteiger charge is 2.32. The van der Waals surface area contributed by atoms with Crippen LogP contribution in [0.25, 0.3) is 0 Å². The van der Waals surface area contributed by atoms with Crippen LogP contribution in [0.15, 0.2) is 36.4 Å². The predicted octanol–water partition coefficient (Wildman–Crippen LogP) is 2.90. The summed E-state index contributed by atoms with van der Waals surface area (Å²) < 4.78 is 15.7. The highest BCUT2D eigenvalue weighted by Crippen LogP contribution is 2.33. The zero-order valence-electron chi connectivity index (χ0n) is 15.8. The van der Waals surface area contributed by atoms with Crippen LogP contribution in [-0.4, -0.2) is 45.7 Å². The van der Waals surface area contributed by atoms with Crippen molar-refractivity contribution in [2.75, 3.05) is 32.8 Å². The molecule has 0 bridgehead atoms. The number of carbonyl (C=O) groups is 2. The van der Waals surface area contributed by atoms with E-state index in [2.05, 4.69) is 5.32 Å². The first-order valence-electron chi connectivity index (χ1n) is 8.63. The molecule has 3 rings (SSSR count). The fraction of sp³-hybridized carbons (Fsp3) is 0.300. The Bertz CT molecular complexity index is 902. The van der Waals surface area contributed by atoms with Gasteiger partial charge in [0, 0.05) is 29.7 Å². The van der Waals surface area contributed by atoms with Gasteiger partial charge in [-0.05, 0) is 30.3 Å². The number of halogens is 1. The molecule has 28 heavy (non-hydrogen) atoms. The van der Waals surface area contributed by atoms with Gasteiger partial charge in [-0.25, -0.2) is 0 Å². The van der Waals surface area contributed by atoms with Crippen molar-refractivity contribution in [3.05, 3.63) is 47.0 Å². The van der Waals surface area contributed by atoms with Crippen molar-refractivity contribution in [2.24, 2.45) is 0 Å². The number of ether oxygens (including phenoxy) is 3. The first-order valence-corrected chi connectivity index (χ1v) is 9.01. The topological polar surface area (TPSA) is 77.1 Å². The van der Waals surface area contributed by atoms with Crippen LogP contribution in [0.1, 0.15) is 16.8 Å². The first kappa shape index (κ1) is 19.8. The van der Waals surface area contributed by atoms with Crippen molar-refractivity contribution in [1.82, 2.24) is 5.32 Å². The molecule has 2 aromatic carbocycles. The molecule has 1 heterocycles. The molecule has 1 aliphatic heterocycles. The number of hydrogen-bond acceptors (Lipinski definition) is 5. The lowest BCUT2D eigenvalue weighted by Gasteiger charge is -2.19. The molecule has 0 radical (unpaired) electrons. The predicted molar refractivity (Wildman–Crippen MR) is 106 cm³/mol. The van der Waals surface area contributed by atoms with E-state index in [0.717, 1.165) is 0 Å². The summed E-state index contributed by atoms with van der Waals surface area (Å²) in [6.07, 6.45) is 0.197. The fourth-order valence-electron chi connectivity index (χ4n) is 3.17. The second kappa shape index (κ2) is 8.39. The molecule has 1 N–H and O–H groups in total. The maximum Gasteiger partial charge on any atom is 0.255 e. The molecule has 0 aliphatic carbocycles. The lowest BCUT2D eigenvalue weighted by Crippen LogP contribution is -2.37. The Kier molecular flexibility index (Phi) is 5.94. The summed E-state index contributed by atoms with van der Waals surface area (Å²) in [6, 6.07) is 9.74. The van der Waals surface area contributed by atoms with E-state index in [0.29, 0.717) is 40.1 Å².